The van der Waals surface area contributed by atoms with Gasteiger partial charge in [-0.15, -0.1) is 11.8 Å². The van der Waals surface area contributed by atoms with Crippen LogP contribution in [0.5, 0.6) is 0 Å². The highest BCUT2D eigenvalue weighted by molar-refractivity contribution is 8.00. The summed E-state index contributed by atoms with van der Waals surface area (Å²) in [4.78, 5) is 58.1. The standard InChI is InChI=1S/C22H21N7O7S2/c1-36-26-14(17-25-22(23)38-27-17)18(32)24-15-19(33)29-16(21(34)35)12(10-37-20(15)29)3-2-6-28-7-4-11(5-8-28)9-13(30)31/h2-5,7-8,15,20H,6,9-10H2,1H3,(H4-,23,24,25,27,30,31,32,34,35)/t15?,20-/m1/s1. The van der Waals surface area contributed by atoms with Gasteiger partial charge in [0.15, 0.2) is 24.1 Å². The Bertz CT molecular complexity index is 1370. The molecule has 4 heterocycles. The van der Waals surface area contributed by atoms with E-state index in [9.17, 15) is 24.3 Å². The van der Waals surface area contributed by atoms with E-state index < -0.39 is 35.2 Å². The maximum absolute atomic E-state index is 12.9. The number of hydrogen-bond donors (Lipinski definition) is 3. The van der Waals surface area contributed by atoms with E-state index in [1.165, 1.54) is 18.9 Å². The second-order valence-electron chi connectivity index (χ2n) is 7.98. The van der Waals surface area contributed by atoms with E-state index in [0.29, 0.717) is 17.7 Å². The van der Waals surface area contributed by atoms with E-state index in [2.05, 4.69) is 19.8 Å². The number of aromatic nitrogens is 3. The van der Waals surface area contributed by atoms with Gasteiger partial charge in [-0.1, -0.05) is 11.2 Å². The molecule has 14 nitrogen and oxygen atoms in total. The predicted octanol–water partition coefficient (Wildman–Crippen LogP) is -1.95. The maximum atomic E-state index is 12.9. The zero-order chi connectivity index (χ0) is 27.4. The molecule has 2 atom stereocenters. The quantitative estimate of drug-likeness (QED) is 0.126. The normalized spacial score (nSPS) is 19.2. The van der Waals surface area contributed by atoms with Crippen molar-refractivity contribution in [3.63, 3.8) is 0 Å². The molecular weight excluding hydrogens is 538 g/mol. The summed E-state index contributed by atoms with van der Waals surface area (Å²) in [6.07, 6.45) is 6.67. The van der Waals surface area contributed by atoms with Crippen molar-refractivity contribution in [1.29, 1.82) is 0 Å². The first-order valence-corrected chi connectivity index (χ1v) is 12.8. The number of carboxylic acids is 2. The first kappa shape index (κ1) is 26.7. The molecule has 1 saturated heterocycles. The van der Waals surface area contributed by atoms with Crippen LogP contribution in [-0.4, -0.2) is 73.1 Å². The van der Waals surface area contributed by atoms with Crippen molar-refractivity contribution in [2.45, 2.75) is 24.4 Å². The van der Waals surface area contributed by atoms with Gasteiger partial charge in [-0.25, -0.2) is 4.57 Å². The molecule has 2 aliphatic heterocycles. The molecule has 0 radical (unpaired) electrons. The number of carbonyl (C=O) groups excluding carboxylic acids is 3. The molecule has 16 heteroatoms. The van der Waals surface area contributed by atoms with Gasteiger partial charge in [0.05, 0.1) is 18.1 Å². The highest BCUT2D eigenvalue weighted by Gasteiger charge is 2.53. The lowest BCUT2D eigenvalue weighted by molar-refractivity contribution is -0.687. The fourth-order valence-electron chi connectivity index (χ4n) is 3.80. The highest BCUT2D eigenvalue weighted by atomic mass is 32.2. The first-order valence-electron chi connectivity index (χ1n) is 11.0. The summed E-state index contributed by atoms with van der Waals surface area (Å²) in [5, 5.41) is 26.4. The second kappa shape index (κ2) is 11.4. The number of nitrogen functional groups attached to an aromatic ring is 1. The van der Waals surface area contributed by atoms with E-state index in [-0.39, 0.29) is 34.5 Å². The van der Waals surface area contributed by atoms with Crippen LogP contribution in [-0.2, 0) is 37.0 Å². The smallest absolute Gasteiger partial charge is 0.307 e. The Hall–Kier alpha value is -4.31. The fraction of sp³-hybridized carbons (Fsp3) is 0.273. The summed E-state index contributed by atoms with van der Waals surface area (Å²) in [7, 11) is 1.23. The lowest BCUT2D eigenvalue weighted by Crippen LogP contribution is -2.71. The summed E-state index contributed by atoms with van der Waals surface area (Å²) in [5.41, 5.74) is 6.07. The number of nitrogens with two attached hydrogens (primary N) is 1. The Morgan fingerprint density at radius 1 is 1.39 bits per heavy atom. The number of amides is 2. The van der Waals surface area contributed by atoms with E-state index in [4.69, 9.17) is 15.7 Å². The molecule has 0 spiro atoms. The Kier molecular flexibility index (Phi) is 8.02. The Balaban J connectivity index is 1.45. The van der Waals surface area contributed by atoms with Crippen LogP contribution in [0.15, 0.2) is 53.1 Å². The molecule has 4 N–H and O–H groups in total. The molecule has 1 unspecified atom stereocenters. The third-order valence-electron chi connectivity index (χ3n) is 5.48. The molecule has 2 amide bonds. The minimum Gasteiger partial charge on any atom is -0.543 e. The van der Waals surface area contributed by atoms with Crippen molar-refractivity contribution in [3.05, 3.63) is 59.3 Å². The van der Waals surface area contributed by atoms with Gasteiger partial charge in [0.1, 0.15) is 18.5 Å². The van der Waals surface area contributed by atoms with E-state index in [1.54, 1.807) is 41.2 Å². The van der Waals surface area contributed by atoms with Gasteiger partial charge in [-0.05, 0) is 17.2 Å². The minimum absolute atomic E-state index is 0.0658. The van der Waals surface area contributed by atoms with Crippen LogP contribution in [0, 0.1) is 0 Å². The van der Waals surface area contributed by atoms with Crippen LogP contribution < -0.4 is 20.7 Å². The Morgan fingerprint density at radius 2 is 2.13 bits per heavy atom. The van der Waals surface area contributed by atoms with Crippen LogP contribution >= 0.6 is 23.3 Å². The second-order valence-corrected chi connectivity index (χ2v) is 9.87. The first-order chi connectivity index (χ1) is 18.2. The number of carboxylic acid groups (broad SMARTS) is 2. The van der Waals surface area contributed by atoms with E-state index in [0.717, 1.165) is 16.4 Å². The molecule has 0 saturated carbocycles. The molecule has 0 aliphatic carbocycles. The summed E-state index contributed by atoms with van der Waals surface area (Å²) in [6.45, 7) is 0.384. The number of pyridine rings is 1. The number of fused-ring (bicyclic) bond motifs is 1. The number of rotatable bonds is 10. The van der Waals surface area contributed by atoms with Gasteiger partial charge in [-0.3, -0.25) is 19.3 Å². The van der Waals surface area contributed by atoms with Gasteiger partial charge < -0.3 is 30.9 Å². The van der Waals surface area contributed by atoms with Gasteiger partial charge in [-0.2, -0.15) is 9.36 Å². The topological polar surface area (TPSA) is 204 Å². The van der Waals surface area contributed by atoms with Crippen molar-refractivity contribution in [2.75, 3.05) is 18.6 Å². The molecular formula is C22H21N7O7S2. The molecule has 2 aliphatic rings. The number of β-lactam (4-membered cyclic amide) rings is 1. The van der Waals surface area contributed by atoms with Crippen LogP contribution in [0.2, 0.25) is 0 Å². The van der Waals surface area contributed by atoms with Gasteiger partial charge in [0.25, 0.3) is 11.8 Å². The van der Waals surface area contributed by atoms with E-state index >= 15 is 0 Å². The monoisotopic (exact) mass is 559 g/mol. The highest BCUT2D eigenvalue weighted by Crippen LogP contribution is 2.40. The van der Waals surface area contributed by atoms with Gasteiger partial charge in [0, 0.05) is 29.4 Å². The number of thioether (sulfide) groups is 1. The molecule has 2 aromatic heterocycles. The number of nitrogens with zero attached hydrogens (tertiary/aromatic N) is 5. The maximum Gasteiger partial charge on any atom is 0.307 e. The SMILES string of the molecule is CON=C(C(=O)NC1C(=O)N2C(C(=O)[O-])=C(C=CC[n+]3ccc(CC(=O)O)cc3)CS[C@H]12)c1nsc(N)n1. The number of oxime groups is 1. The van der Waals surface area contributed by atoms with Crippen molar-refractivity contribution in [3.8, 4) is 0 Å². The number of hydrogen-bond acceptors (Lipinski definition) is 12. The number of allylic oxidation sites excluding steroid dienone is 2. The molecule has 4 rings (SSSR count). The number of anilines is 1. The lowest BCUT2D eigenvalue weighted by Gasteiger charge is -2.50. The third-order valence-corrected chi connectivity index (χ3v) is 7.32. The zero-order valence-electron chi connectivity index (χ0n) is 19.8. The fourth-order valence-corrected chi connectivity index (χ4v) is 5.55. The number of aliphatic carboxylic acids is 2. The van der Waals surface area contributed by atoms with E-state index in [1.807, 2.05) is 0 Å². The minimum atomic E-state index is -1.51. The summed E-state index contributed by atoms with van der Waals surface area (Å²) in [5.74, 6) is -3.64. The molecule has 1 fully saturated rings. The van der Waals surface area contributed by atoms with Gasteiger partial charge >= 0.3 is 5.97 Å². The van der Waals surface area contributed by atoms with Gasteiger partial charge in [0.2, 0.25) is 11.5 Å². The van der Waals surface area contributed by atoms with Crippen LogP contribution in [0.25, 0.3) is 0 Å². The van der Waals surface area contributed by atoms with Crippen LogP contribution in [0.3, 0.4) is 0 Å². The predicted molar refractivity (Wildman–Crippen MR) is 132 cm³/mol. The molecule has 38 heavy (non-hydrogen) atoms. The average molecular weight is 560 g/mol. The van der Waals surface area contributed by atoms with Crippen molar-refractivity contribution in [1.82, 2.24) is 19.6 Å². The zero-order valence-corrected chi connectivity index (χ0v) is 21.4. The Labute approximate surface area is 223 Å². The van der Waals surface area contributed by atoms with Crippen molar-refractivity contribution < 1.29 is 38.8 Å². The molecule has 2 aromatic rings. The summed E-state index contributed by atoms with van der Waals surface area (Å²) < 4.78 is 5.71. The molecule has 0 bridgehead atoms. The largest absolute Gasteiger partial charge is 0.543 e. The Morgan fingerprint density at radius 3 is 2.74 bits per heavy atom. The lowest BCUT2D eigenvalue weighted by atomic mass is 10.0. The summed E-state index contributed by atoms with van der Waals surface area (Å²) in [6, 6.07) is 2.36. The third kappa shape index (κ3) is 5.65. The van der Waals surface area contributed by atoms with Crippen LogP contribution in [0.1, 0.15) is 11.4 Å². The number of nitrogens with one attached hydrogen (secondary N) is 1. The van der Waals surface area contributed by atoms with Crippen LogP contribution in [0.4, 0.5) is 5.13 Å². The summed E-state index contributed by atoms with van der Waals surface area (Å²) >= 11 is 2.14. The number of carbonyl (C=O) groups is 4. The van der Waals surface area contributed by atoms with Crippen molar-refractivity contribution in [2.24, 2.45) is 5.16 Å². The average Bonchev–Trinajstić information content (AvgIpc) is 3.31. The molecule has 198 valence electrons. The molecule has 0 aromatic carbocycles. The van der Waals surface area contributed by atoms with Crippen molar-refractivity contribution >= 4 is 57.9 Å².